The van der Waals surface area contributed by atoms with E-state index in [9.17, 15) is 29.7 Å². The van der Waals surface area contributed by atoms with Crippen LogP contribution in [0.5, 0.6) is 23.0 Å². The summed E-state index contributed by atoms with van der Waals surface area (Å²) in [6, 6.07) is 22.7. The number of hydrogen-bond acceptors (Lipinski definition) is 12. The normalized spacial score (nSPS) is 10.8. The predicted molar refractivity (Wildman–Crippen MR) is 190 cm³/mol. The van der Waals surface area contributed by atoms with Gasteiger partial charge in [0.25, 0.3) is 0 Å². The highest BCUT2D eigenvalue weighted by Gasteiger charge is 2.15. The van der Waals surface area contributed by atoms with Gasteiger partial charge in [-0.2, -0.15) is 10.5 Å². The Labute approximate surface area is 301 Å². The first-order chi connectivity index (χ1) is 25.2. The van der Waals surface area contributed by atoms with Crippen molar-refractivity contribution < 1.29 is 47.6 Å². The zero-order valence-corrected chi connectivity index (χ0v) is 28.3. The Morgan fingerprint density at radius 1 is 0.519 bits per heavy atom. The Morgan fingerprint density at radius 2 is 0.846 bits per heavy atom. The van der Waals surface area contributed by atoms with E-state index < -0.39 is 23.9 Å². The molecule has 0 saturated heterocycles. The number of hydrogen-bond donors (Lipinski definition) is 0. The average Bonchev–Trinajstić information content (AvgIpc) is 3.16. The van der Waals surface area contributed by atoms with Crippen molar-refractivity contribution in [3.05, 3.63) is 120 Å². The van der Waals surface area contributed by atoms with Crippen molar-refractivity contribution in [2.24, 2.45) is 0 Å². The molecule has 0 amide bonds. The first-order valence-electron chi connectivity index (χ1n) is 16.1. The molecule has 3 rings (SSSR count). The highest BCUT2D eigenvalue weighted by molar-refractivity contribution is 6.00. The van der Waals surface area contributed by atoms with E-state index in [2.05, 4.69) is 13.2 Å². The molecule has 0 saturated carbocycles. The summed E-state index contributed by atoms with van der Waals surface area (Å²) >= 11 is 0. The number of ether oxygens (including phenoxy) is 6. The SMILES string of the molecule is C=CC(=O)OCCCCOc1ccc(/C=C(\C#N)C(=O)Oc2ccc(OC(=O)/C(C#N)=C/c3ccc(OCCCCOC(=O)C=C)cc3)cc2)cc1. The summed E-state index contributed by atoms with van der Waals surface area (Å²) in [5, 5.41) is 19.1. The van der Waals surface area contributed by atoms with Gasteiger partial charge in [0.1, 0.15) is 46.3 Å². The van der Waals surface area contributed by atoms with Crippen molar-refractivity contribution in [1.29, 1.82) is 10.5 Å². The van der Waals surface area contributed by atoms with Gasteiger partial charge in [-0.1, -0.05) is 37.4 Å². The van der Waals surface area contributed by atoms with Crippen LogP contribution in [0.3, 0.4) is 0 Å². The first-order valence-corrected chi connectivity index (χ1v) is 16.1. The number of esters is 4. The fourth-order valence-electron chi connectivity index (χ4n) is 4.08. The lowest BCUT2D eigenvalue weighted by atomic mass is 10.1. The van der Waals surface area contributed by atoms with Crippen LogP contribution in [0.25, 0.3) is 12.2 Å². The Morgan fingerprint density at radius 3 is 1.17 bits per heavy atom. The van der Waals surface area contributed by atoms with Crippen molar-refractivity contribution in [1.82, 2.24) is 0 Å². The molecule has 0 unspecified atom stereocenters. The molecule has 0 radical (unpaired) electrons. The molecule has 0 N–H and O–H groups in total. The van der Waals surface area contributed by atoms with Crippen LogP contribution in [0.2, 0.25) is 0 Å². The quantitative estimate of drug-likeness (QED) is 0.0412. The molecular formula is C40H36N2O10. The second kappa shape index (κ2) is 21.9. The van der Waals surface area contributed by atoms with Crippen LogP contribution in [0.1, 0.15) is 36.8 Å². The van der Waals surface area contributed by atoms with Crippen LogP contribution in [0, 0.1) is 22.7 Å². The fraction of sp³-hybridized carbons (Fsp3) is 0.200. The number of benzene rings is 3. The maximum Gasteiger partial charge on any atom is 0.354 e. The number of rotatable bonds is 20. The van der Waals surface area contributed by atoms with Gasteiger partial charge in [-0.3, -0.25) is 0 Å². The molecule has 3 aromatic rings. The van der Waals surface area contributed by atoms with Crippen molar-refractivity contribution in [3.63, 3.8) is 0 Å². The van der Waals surface area contributed by atoms with Gasteiger partial charge in [0.05, 0.1) is 26.4 Å². The lowest BCUT2D eigenvalue weighted by Crippen LogP contribution is -2.11. The number of nitriles is 2. The molecule has 52 heavy (non-hydrogen) atoms. The van der Waals surface area contributed by atoms with E-state index in [4.69, 9.17) is 28.4 Å². The largest absolute Gasteiger partial charge is 0.494 e. The van der Waals surface area contributed by atoms with Crippen LogP contribution in [0.15, 0.2) is 109 Å². The summed E-state index contributed by atoms with van der Waals surface area (Å²) in [6.45, 7) is 8.06. The summed E-state index contributed by atoms with van der Waals surface area (Å²) in [5.41, 5.74) is 0.653. The van der Waals surface area contributed by atoms with Crippen molar-refractivity contribution in [3.8, 4) is 35.1 Å². The molecule has 12 heteroatoms. The molecule has 3 aromatic carbocycles. The minimum absolute atomic E-state index is 0.100. The Hall–Kier alpha value is -6.92. The van der Waals surface area contributed by atoms with E-state index in [1.807, 2.05) is 12.1 Å². The molecule has 0 aromatic heterocycles. The Kier molecular flexibility index (Phi) is 16.7. The summed E-state index contributed by atoms with van der Waals surface area (Å²) in [7, 11) is 0. The molecule has 0 spiro atoms. The Balaban J connectivity index is 1.47. The molecule has 0 bridgehead atoms. The van der Waals surface area contributed by atoms with Crippen LogP contribution >= 0.6 is 0 Å². The highest BCUT2D eigenvalue weighted by atomic mass is 16.5. The summed E-state index contributed by atoms with van der Waals surface area (Å²) in [5.74, 6) is -1.32. The van der Waals surface area contributed by atoms with Crippen LogP contribution < -0.4 is 18.9 Å². The van der Waals surface area contributed by atoms with Crippen LogP contribution in [-0.4, -0.2) is 50.3 Å². The second-order valence-corrected chi connectivity index (χ2v) is 10.6. The summed E-state index contributed by atoms with van der Waals surface area (Å²) < 4.78 is 31.8. The van der Waals surface area contributed by atoms with E-state index in [1.165, 1.54) is 36.4 Å². The summed E-state index contributed by atoms with van der Waals surface area (Å²) in [4.78, 5) is 47.4. The second-order valence-electron chi connectivity index (χ2n) is 10.6. The zero-order valence-electron chi connectivity index (χ0n) is 28.3. The van der Waals surface area contributed by atoms with E-state index in [0.29, 0.717) is 61.5 Å². The first kappa shape index (κ1) is 39.5. The van der Waals surface area contributed by atoms with Gasteiger partial charge in [-0.05, 0) is 97.5 Å². The minimum atomic E-state index is -0.887. The monoisotopic (exact) mass is 704 g/mol. The lowest BCUT2D eigenvalue weighted by Gasteiger charge is -2.08. The maximum atomic E-state index is 12.7. The van der Waals surface area contributed by atoms with Gasteiger partial charge in [-0.15, -0.1) is 0 Å². The molecule has 266 valence electrons. The highest BCUT2D eigenvalue weighted by Crippen LogP contribution is 2.22. The molecule has 0 atom stereocenters. The molecule has 0 fully saturated rings. The van der Waals surface area contributed by atoms with Gasteiger partial charge >= 0.3 is 23.9 Å². The van der Waals surface area contributed by atoms with E-state index in [0.717, 1.165) is 12.2 Å². The van der Waals surface area contributed by atoms with Crippen molar-refractivity contribution in [2.45, 2.75) is 25.7 Å². The topological polar surface area (TPSA) is 171 Å². The zero-order chi connectivity index (χ0) is 37.6. The molecule has 0 aliphatic rings. The summed E-state index contributed by atoms with van der Waals surface area (Å²) in [6.07, 6.45) is 7.59. The van der Waals surface area contributed by atoms with Gasteiger partial charge < -0.3 is 28.4 Å². The molecule has 0 aliphatic heterocycles. The van der Waals surface area contributed by atoms with Crippen LogP contribution in [0.4, 0.5) is 0 Å². The molecule has 0 heterocycles. The molecule has 12 nitrogen and oxygen atoms in total. The van der Waals surface area contributed by atoms with E-state index in [-0.39, 0.29) is 35.9 Å². The fourth-order valence-corrected chi connectivity index (χ4v) is 4.08. The van der Waals surface area contributed by atoms with Crippen molar-refractivity contribution in [2.75, 3.05) is 26.4 Å². The molecule has 0 aliphatic carbocycles. The lowest BCUT2D eigenvalue weighted by molar-refractivity contribution is -0.138. The number of carbonyl (C=O) groups excluding carboxylic acids is 4. The minimum Gasteiger partial charge on any atom is -0.494 e. The van der Waals surface area contributed by atoms with E-state index in [1.54, 1.807) is 48.5 Å². The molecular weight excluding hydrogens is 668 g/mol. The standard InChI is InChI=1S/C40H36N2O10/c1-3-37(43)49-23-7-5-21-47-33-13-9-29(10-14-33)25-31(27-41)39(45)51-35-17-19-36(20-18-35)52-40(46)32(28-42)26-30-11-15-34(16-12-30)48-22-6-8-24-50-38(44)4-2/h3-4,9-20,25-26H,1-2,5-8,21-24H2/b31-25+,32-26+. The van der Waals surface area contributed by atoms with Gasteiger partial charge in [0, 0.05) is 12.2 Å². The van der Waals surface area contributed by atoms with Crippen molar-refractivity contribution >= 4 is 36.0 Å². The van der Waals surface area contributed by atoms with E-state index >= 15 is 0 Å². The smallest absolute Gasteiger partial charge is 0.354 e. The number of carbonyl (C=O) groups is 4. The van der Waals surface area contributed by atoms with Crippen LogP contribution in [-0.2, 0) is 28.7 Å². The maximum absolute atomic E-state index is 12.7. The van der Waals surface area contributed by atoms with Gasteiger partial charge in [0.15, 0.2) is 0 Å². The Bertz CT molecular complexity index is 1710. The van der Waals surface area contributed by atoms with Gasteiger partial charge in [0.2, 0.25) is 0 Å². The predicted octanol–water partition coefficient (Wildman–Crippen LogP) is 6.49. The third-order valence-electron chi connectivity index (χ3n) is 6.74. The van der Waals surface area contributed by atoms with Gasteiger partial charge in [-0.25, -0.2) is 19.2 Å². The number of nitrogens with zero attached hydrogens (tertiary/aromatic N) is 2. The third kappa shape index (κ3) is 14.3. The average molecular weight is 705 g/mol. The number of unbranched alkanes of at least 4 members (excludes halogenated alkanes) is 2. The third-order valence-corrected chi connectivity index (χ3v) is 6.74.